The van der Waals surface area contributed by atoms with E-state index in [2.05, 4.69) is 0 Å². The molecule has 0 rings (SSSR count). The van der Waals surface area contributed by atoms with Gasteiger partial charge < -0.3 is 29.9 Å². The molecule has 0 radical (unpaired) electrons. The Hall–Kier alpha value is 2.61. The van der Waals surface area contributed by atoms with E-state index in [-0.39, 0.29) is 132 Å². The number of rotatable bonds is 0. The number of carboxylic acids is 2. The summed E-state index contributed by atoms with van der Waals surface area (Å²) in [6.07, 6.45) is 0. The van der Waals surface area contributed by atoms with Gasteiger partial charge in [0.15, 0.2) is 0 Å². The summed E-state index contributed by atoms with van der Waals surface area (Å²) in [5.41, 5.74) is 0. The number of carbonyl (C=O) groups is 2. The van der Waals surface area contributed by atoms with Crippen molar-refractivity contribution in [2.24, 2.45) is 5.34 Å². The average Bonchev–Trinajstić information content (AvgIpc) is 1.68. The quantitative estimate of drug-likeness (QED) is 0.177. The molecule has 0 saturated carbocycles. The summed E-state index contributed by atoms with van der Waals surface area (Å²) in [5.74, 6) is -4.37. The SMILES string of the molecule is O=C([O-])C(=O)[O-].O=N[O-].[K+].[K+].[Na+]. The van der Waals surface area contributed by atoms with Crippen molar-refractivity contribution in [3.05, 3.63) is 10.1 Å². The van der Waals surface area contributed by atoms with E-state index in [1.807, 2.05) is 0 Å². The van der Waals surface area contributed by atoms with Crippen molar-refractivity contribution < 1.29 is 152 Å². The summed E-state index contributed by atoms with van der Waals surface area (Å²) in [6, 6.07) is 0. The molecule has 7 nitrogen and oxygen atoms in total. The van der Waals surface area contributed by atoms with E-state index in [1.54, 1.807) is 0 Å². The van der Waals surface area contributed by atoms with Crippen LogP contribution in [0.4, 0.5) is 0 Å². The van der Waals surface area contributed by atoms with E-state index < -0.39 is 11.9 Å². The van der Waals surface area contributed by atoms with Crippen LogP contribution in [0.15, 0.2) is 5.34 Å². The Morgan fingerprint density at radius 3 is 1.08 bits per heavy atom. The zero-order chi connectivity index (χ0) is 7.86. The molecule has 0 fully saturated rings. The zero-order valence-corrected chi connectivity index (χ0v) is 15.1. The molecule has 0 amide bonds. The fourth-order valence-corrected chi connectivity index (χ4v) is 0. The molecule has 0 aromatic carbocycles. The van der Waals surface area contributed by atoms with Crippen molar-refractivity contribution in [1.82, 2.24) is 0 Å². The third-order valence-corrected chi connectivity index (χ3v) is 0.167. The molecule has 0 aromatic heterocycles. The fourth-order valence-electron chi connectivity index (χ4n) is 0. The molecule has 0 aromatic rings. The molecule has 0 aliphatic heterocycles. The number of aliphatic carboxylic acids is 2. The van der Waals surface area contributed by atoms with Crippen molar-refractivity contribution in [2.45, 2.75) is 0 Å². The van der Waals surface area contributed by atoms with E-state index in [0.29, 0.717) is 0 Å². The second-order valence-electron chi connectivity index (χ2n) is 0.649. The average molecular weight is 235 g/mol. The minimum absolute atomic E-state index is 0. The third-order valence-electron chi connectivity index (χ3n) is 0.167. The van der Waals surface area contributed by atoms with Gasteiger partial charge in [-0.25, -0.2) is 0 Å². The van der Waals surface area contributed by atoms with Gasteiger partial charge in [-0.15, -0.1) is 5.34 Å². The van der Waals surface area contributed by atoms with Gasteiger partial charge >= 0.3 is 132 Å². The van der Waals surface area contributed by atoms with Crippen LogP contribution in [0.25, 0.3) is 0 Å². The van der Waals surface area contributed by atoms with Crippen LogP contribution >= 0.6 is 0 Å². The molecule has 0 atom stereocenters. The number of hydrogen-bond donors (Lipinski definition) is 0. The molecule has 10 heteroatoms. The van der Waals surface area contributed by atoms with Crippen molar-refractivity contribution in [3.63, 3.8) is 0 Å². The van der Waals surface area contributed by atoms with Crippen molar-refractivity contribution in [2.75, 3.05) is 0 Å². The molecule has 52 valence electrons. The summed E-state index contributed by atoms with van der Waals surface area (Å²) < 4.78 is 0. The first-order chi connectivity index (χ1) is 4.06. The summed E-state index contributed by atoms with van der Waals surface area (Å²) in [4.78, 5) is 25.9. The molecule has 0 aliphatic rings. The van der Waals surface area contributed by atoms with Gasteiger partial charge in [-0.1, -0.05) is 0 Å². The number of carboxylic acid groups (broad SMARTS) is 2. The second kappa shape index (κ2) is 23.4. The monoisotopic (exact) mass is 235 g/mol. The Kier molecular flexibility index (Phi) is 57.2. The standard InChI is InChI=1S/C2H2O4.2K.HNO2.Na/c3-1(4)2(5)6;;;2-1-3;/h(H,3,4)(H,5,6);;;(H,2,3);/q;2*+1;;+1/p-3. The number of carbonyl (C=O) groups excluding carboxylic acids is 2. The second-order valence-corrected chi connectivity index (χ2v) is 0.649. The van der Waals surface area contributed by atoms with E-state index in [4.69, 9.17) is 29.9 Å². The molecule has 0 unspecified atom stereocenters. The Morgan fingerprint density at radius 2 is 1.08 bits per heavy atom. The molecule has 12 heavy (non-hydrogen) atoms. The van der Waals surface area contributed by atoms with Gasteiger partial charge in [0.2, 0.25) is 0 Å². The Bertz CT molecular complexity index is 119. The number of nitrogens with zero attached hydrogens (tertiary/aromatic N) is 1. The van der Waals surface area contributed by atoms with Crippen molar-refractivity contribution in [3.8, 4) is 0 Å². The summed E-state index contributed by atoms with van der Waals surface area (Å²) in [7, 11) is 0. The van der Waals surface area contributed by atoms with Crippen LogP contribution in [0.5, 0.6) is 0 Å². The van der Waals surface area contributed by atoms with Gasteiger partial charge in [-0.2, -0.15) is 0 Å². The van der Waals surface area contributed by atoms with Crippen LogP contribution < -0.4 is 143 Å². The van der Waals surface area contributed by atoms with Gasteiger partial charge in [0.1, 0.15) is 0 Å². The minimum Gasteiger partial charge on any atom is -0.543 e. The van der Waals surface area contributed by atoms with Crippen LogP contribution in [0.1, 0.15) is 0 Å². The predicted octanol–water partition coefficient (Wildman–Crippen LogP) is -12.3. The van der Waals surface area contributed by atoms with Gasteiger partial charge in [0.05, 0.1) is 11.9 Å². The zero-order valence-electron chi connectivity index (χ0n) is 6.90. The first-order valence-electron chi connectivity index (χ1n) is 1.43. The van der Waals surface area contributed by atoms with E-state index in [1.165, 1.54) is 0 Å². The van der Waals surface area contributed by atoms with Crippen LogP contribution in [0.2, 0.25) is 0 Å². The Morgan fingerprint density at radius 1 is 1.00 bits per heavy atom. The maximum Gasteiger partial charge on any atom is 1.00 e. The maximum atomic E-state index is 8.93. The largest absolute Gasteiger partial charge is 1.00 e. The summed E-state index contributed by atoms with van der Waals surface area (Å²) >= 11 is 0. The van der Waals surface area contributed by atoms with Crippen LogP contribution in [0, 0.1) is 10.1 Å². The normalized spacial score (nSPS) is 4.67. The first-order valence-corrected chi connectivity index (χ1v) is 1.43. The van der Waals surface area contributed by atoms with Gasteiger partial charge in [-0.3, -0.25) is 0 Å². The molecule has 0 aliphatic carbocycles. The fraction of sp³-hybridized carbons (Fsp3) is 0. The van der Waals surface area contributed by atoms with Gasteiger partial charge in [0.25, 0.3) is 0 Å². The molecular formula is C2K2NNaO6. The topological polar surface area (TPSA) is 133 Å². The first kappa shape index (κ1) is 29.3. The van der Waals surface area contributed by atoms with Crippen molar-refractivity contribution in [1.29, 1.82) is 0 Å². The van der Waals surface area contributed by atoms with Crippen molar-refractivity contribution >= 4 is 11.9 Å². The van der Waals surface area contributed by atoms with Gasteiger partial charge in [-0.05, 0) is 0 Å². The van der Waals surface area contributed by atoms with Gasteiger partial charge in [0, 0.05) is 0 Å². The van der Waals surface area contributed by atoms with E-state index in [9.17, 15) is 0 Å². The molecule has 0 bridgehead atoms. The summed E-state index contributed by atoms with van der Waals surface area (Å²) in [6.45, 7) is 0. The maximum absolute atomic E-state index is 8.93. The molecule has 0 spiro atoms. The molecule has 0 heterocycles. The predicted molar refractivity (Wildman–Crippen MR) is 19.2 cm³/mol. The van der Waals surface area contributed by atoms with Crippen LogP contribution in [-0.2, 0) is 9.59 Å². The summed E-state index contributed by atoms with van der Waals surface area (Å²) in [5, 5.41) is 26.9. The molecule has 0 saturated heterocycles. The third kappa shape index (κ3) is 38.9. The minimum atomic E-state index is -2.19. The Balaban J connectivity index is -0.0000000246. The van der Waals surface area contributed by atoms with E-state index in [0.717, 1.165) is 5.34 Å². The number of hydrogen-bond acceptors (Lipinski definition) is 7. The van der Waals surface area contributed by atoms with Crippen LogP contribution in [0.3, 0.4) is 0 Å². The van der Waals surface area contributed by atoms with Crippen LogP contribution in [-0.4, -0.2) is 11.9 Å². The molecular weight excluding hydrogens is 235 g/mol. The molecule has 0 N–H and O–H groups in total. The Labute approximate surface area is 175 Å². The smallest absolute Gasteiger partial charge is 0.543 e. The van der Waals surface area contributed by atoms with E-state index >= 15 is 0 Å².